The third-order valence-electron chi connectivity index (χ3n) is 3.35. The third kappa shape index (κ3) is 2.23. The second-order valence-corrected chi connectivity index (χ2v) is 4.39. The van der Waals surface area contributed by atoms with Crippen LogP contribution in [0.1, 0.15) is 13.3 Å². The normalized spacial score (nSPS) is 29.9. The summed E-state index contributed by atoms with van der Waals surface area (Å²) in [7, 11) is 0. The summed E-state index contributed by atoms with van der Waals surface area (Å²) >= 11 is 0. The van der Waals surface area contributed by atoms with E-state index >= 15 is 0 Å². The Morgan fingerprint density at radius 3 is 2.78 bits per heavy atom. The minimum Gasteiger partial charge on any atom is -0.479 e. The lowest BCUT2D eigenvalue weighted by Crippen LogP contribution is -2.52. The molecule has 0 saturated carbocycles. The van der Waals surface area contributed by atoms with E-state index in [0.29, 0.717) is 13.1 Å². The largest absolute Gasteiger partial charge is 0.479 e. The van der Waals surface area contributed by atoms with Gasteiger partial charge in [-0.2, -0.15) is 0 Å². The number of aliphatic carboxylic acids is 1. The van der Waals surface area contributed by atoms with Crippen molar-refractivity contribution in [1.82, 2.24) is 9.80 Å². The standard InChI is InChI=1S/C11H16N2O5/c1-2-13-9(14)5-7(10(13)15)12-3-4-18-8(6-12)11(16)17/h7-8H,2-6H2,1H3,(H,16,17). The van der Waals surface area contributed by atoms with Crippen LogP contribution in [-0.4, -0.2) is 71.1 Å². The summed E-state index contributed by atoms with van der Waals surface area (Å²) in [6, 6.07) is -0.525. The molecule has 0 spiro atoms. The fourth-order valence-electron chi connectivity index (χ4n) is 2.38. The maximum Gasteiger partial charge on any atom is 0.334 e. The van der Waals surface area contributed by atoms with Crippen LogP contribution in [0.2, 0.25) is 0 Å². The number of nitrogens with zero attached hydrogens (tertiary/aromatic N) is 2. The van der Waals surface area contributed by atoms with Gasteiger partial charge in [0.25, 0.3) is 0 Å². The Kier molecular flexibility index (Phi) is 3.63. The zero-order chi connectivity index (χ0) is 13.3. The molecule has 0 aromatic heterocycles. The van der Waals surface area contributed by atoms with E-state index in [1.165, 1.54) is 4.90 Å². The predicted octanol–water partition coefficient (Wildman–Crippen LogP) is -1.08. The van der Waals surface area contributed by atoms with E-state index in [-0.39, 0.29) is 31.4 Å². The molecule has 0 bridgehead atoms. The zero-order valence-corrected chi connectivity index (χ0v) is 10.2. The maximum absolute atomic E-state index is 12.0. The fourth-order valence-corrected chi connectivity index (χ4v) is 2.38. The van der Waals surface area contributed by atoms with E-state index in [9.17, 15) is 14.4 Å². The average molecular weight is 256 g/mol. The maximum atomic E-state index is 12.0. The molecule has 2 heterocycles. The Morgan fingerprint density at radius 1 is 1.50 bits per heavy atom. The van der Waals surface area contributed by atoms with Crippen LogP contribution in [0.25, 0.3) is 0 Å². The number of hydrogen-bond donors (Lipinski definition) is 1. The van der Waals surface area contributed by atoms with Gasteiger partial charge in [0.1, 0.15) is 0 Å². The van der Waals surface area contributed by atoms with Crippen LogP contribution < -0.4 is 0 Å². The minimum atomic E-state index is -1.04. The molecular weight excluding hydrogens is 240 g/mol. The molecule has 100 valence electrons. The smallest absolute Gasteiger partial charge is 0.334 e. The minimum absolute atomic E-state index is 0.138. The fraction of sp³-hybridized carbons (Fsp3) is 0.727. The van der Waals surface area contributed by atoms with Crippen LogP contribution in [0.5, 0.6) is 0 Å². The number of carboxylic acids is 1. The molecule has 2 unspecified atom stereocenters. The Bertz CT molecular complexity index is 384. The number of carboxylic acid groups (broad SMARTS) is 1. The monoisotopic (exact) mass is 256 g/mol. The first-order chi connectivity index (χ1) is 8.54. The van der Waals surface area contributed by atoms with Crippen molar-refractivity contribution in [2.45, 2.75) is 25.5 Å². The first-order valence-corrected chi connectivity index (χ1v) is 5.97. The van der Waals surface area contributed by atoms with Crippen molar-refractivity contribution in [2.24, 2.45) is 0 Å². The summed E-state index contributed by atoms with van der Waals surface area (Å²) in [4.78, 5) is 37.4. The van der Waals surface area contributed by atoms with Crippen molar-refractivity contribution in [3.63, 3.8) is 0 Å². The Hall–Kier alpha value is -1.47. The number of likely N-dealkylation sites (tertiary alicyclic amines) is 1. The van der Waals surface area contributed by atoms with Crippen LogP contribution in [0.3, 0.4) is 0 Å². The summed E-state index contributed by atoms with van der Waals surface area (Å²) in [6.45, 7) is 3.00. The molecule has 0 radical (unpaired) electrons. The molecule has 0 aliphatic carbocycles. The number of imide groups is 1. The second-order valence-electron chi connectivity index (χ2n) is 4.39. The molecule has 2 rings (SSSR count). The van der Waals surface area contributed by atoms with Gasteiger partial charge in [-0.3, -0.25) is 19.4 Å². The van der Waals surface area contributed by atoms with E-state index in [1.54, 1.807) is 11.8 Å². The van der Waals surface area contributed by atoms with E-state index < -0.39 is 18.1 Å². The Balaban J connectivity index is 2.06. The van der Waals surface area contributed by atoms with Gasteiger partial charge in [0, 0.05) is 19.6 Å². The molecule has 2 amide bonds. The van der Waals surface area contributed by atoms with Crippen LogP contribution >= 0.6 is 0 Å². The van der Waals surface area contributed by atoms with Gasteiger partial charge in [-0.05, 0) is 6.92 Å². The molecule has 18 heavy (non-hydrogen) atoms. The van der Waals surface area contributed by atoms with Gasteiger partial charge < -0.3 is 9.84 Å². The number of amides is 2. The number of morpholine rings is 1. The molecule has 7 nitrogen and oxygen atoms in total. The number of carbonyl (C=O) groups excluding carboxylic acids is 2. The number of ether oxygens (including phenoxy) is 1. The summed E-state index contributed by atoms with van der Waals surface area (Å²) in [5.74, 6) is -1.46. The SMILES string of the molecule is CCN1C(=O)CC(N2CCOC(C(=O)O)C2)C1=O. The van der Waals surface area contributed by atoms with Gasteiger partial charge in [0.2, 0.25) is 11.8 Å². The van der Waals surface area contributed by atoms with Crippen molar-refractivity contribution in [3.05, 3.63) is 0 Å². The van der Waals surface area contributed by atoms with Crippen molar-refractivity contribution in [1.29, 1.82) is 0 Å². The molecule has 0 aromatic carbocycles. The lowest BCUT2D eigenvalue weighted by molar-refractivity contribution is -0.158. The highest BCUT2D eigenvalue weighted by Gasteiger charge is 2.43. The third-order valence-corrected chi connectivity index (χ3v) is 3.35. The van der Waals surface area contributed by atoms with E-state index in [0.717, 1.165) is 0 Å². The molecule has 2 aliphatic rings. The average Bonchev–Trinajstić information content (AvgIpc) is 2.64. The van der Waals surface area contributed by atoms with Gasteiger partial charge in [0.15, 0.2) is 6.10 Å². The van der Waals surface area contributed by atoms with Gasteiger partial charge in [-0.25, -0.2) is 4.79 Å². The molecule has 2 saturated heterocycles. The second kappa shape index (κ2) is 5.03. The highest BCUT2D eigenvalue weighted by atomic mass is 16.5. The summed E-state index contributed by atoms with van der Waals surface area (Å²) in [6.07, 6.45) is -0.781. The van der Waals surface area contributed by atoms with Crippen molar-refractivity contribution in [3.8, 4) is 0 Å². The highest BCUT2D eigenvalue weighted by molar-refractivity contribution is 6.05. The number of likely N-dealkylation sites (N-methyl/N-ethyl adjacent to an activating group) is 1. The lowest BCUT2D eigenvalue weighted by atomic mass is 10.1. The first-order valence-electron chi connectivity index (χ1n) is 5.97. The molecule has 2 aliphatic heterocycles. The van der Waals surface area contributed by atoms with Gasteiger partial charge >= 0.3 is 5.97 Å². The molecule has 2 fully saturated rings. The van der Waals surface area contributed by atoms with Gasteiger partial charge in [-0.1, -0.05) is 0 Å². The predicted molar refractivity (Wildman–Crippen MR) is 59.7 cm³/mol. The van der Waals surface area contributed by atoms with Crippen LogP contribution in [0.4, 0.5) is 0 Å². The van der Waals surface area contributed by atoms with Gasteiger partial charge in [-0.15, -0.1) is 0 Å². The van der Waals surface area contributed by atoms with E-state index in [2.05, 4.69) is 0 Å². The van der Waals surface area contributed by atoms with E-state index in [4.69, 9.17) is 9.84 Å². The lowest BCUT2D eigenvalue weighted by Gasteiger charge is -2.33. The molecule has 2 atom stereocenters. The Morgan fingerprint density at radius 2 is 2.22 bits per heavy atom. The first kappa shape index (κ1) is 13.0. The van der Waals surface area contributed by atoms with Crippen LogP contribution in [0.15, 0.2) is 0 Å². The summed E-state index contributed by atoms with van der Waals surface area (Å²) < 4.78 is 5.09. The van der Waals surface area contributed by atoms with Crippen molar-refractivity contribution in [2.75, 3.05) is 26.2 Å². The van der Waals surface area contributed by atoms with Gasteiger partial charge in [0.05, 0.1) is 19.1 Å². The van der Waals surface area contributed by atoms with Crippen LogP contribution in [-0.2, 0) is 19.1 Å². The highest BCUT2D eigenvalue weighted by Crippen LogP contribution is 2.20. The molecule has 1 N–H and O–H groups in total. The Labute approximate surface area is 104 Å². The van der Waals surface area contributed by atoms with Crippen molar-refractivity contribution < 1.29 is 24.2 Å². The van der Waals surface area contributed by atoms with Crippen molar-refractivity contribution >= 4 is 17.8 Å². The quantitative estimate of drug-likeness (QED) is 0.646. The molecule has 0 aromatic rings. The number of rotatable bonds is 3. The number of hydrogen-bond acceptors (Lipinski definition) is 5. The van der Waals surface area contributed by atoms with E-state index in [1.807, 2.05) is 0 Å². The molecule has 7 heteroatoms. The number of carbonyl (C=O) groups is 3. The zero-order valence-electron chi connectivity index (χ0n) is 10.2. The van der Waals surface area contributed by atoms with Crippen LogP contribution in [0, 0.1) is 0 Å². The summed E-state index contributed by atoms with van der Waals surface area (Å²) in [5.41, 5.74) is 0. The summed E-state index contributed by atoms with van der Waals surface area (Å²) in [5, 5.41) is 8.90. The topological polar surface area (TPSA) is 87.2 Å². The molecular formula is C11H16N2O5.